The predicted molar refractivity (Wildman–Crippen MR) is 188 cm³/mol. The van der Waals surface area contributed by atoms with Gasteiger partial charge in [-0.15, -0.1) is 0 Å². The van der Waals surface area contributed by atoms with Crippen molar-refractivity contribution in [1.29, 1.82) is 0 Å². The van der Waals surface area contributed by atoms with Crippen molar-refractivity contribution < 1.29 is 9.53 Å². The van der Waals surface area contributed by atoms with E-state index in [2.05, 4.69) is 52.0 Å². The number of carbonyl (C=O) groups is 1. The first-order chi connectivity index (χ1) is 20.5. The maximum Gasteiger partial charge on any atom is 0.306 e. The Kier molecular flexibility index (Phi) is 24.3. The van der Waals surface area contributed by atoms with E-state index >= 15 is 0 Å². The molecule has 0 saturated heterocycles. The van der Waals surface area contributed by atoms with Crippen LogP contribution in [0.4, 0.5) is 11.4 Å². The average Bonchev–Trinajstić information content (AvgIpc) is 2.99. The van der Waals surface area contributed by atoms with Gasteiger partial charge in [0.05, 0.1) is 4.55 Å². The monoisotopic (exact) mass is 703 g/mol. The van der Waals surface area contributed by atoms with Gasteiger partial charge in [0.15, 0.2) is 0 Å². The number of esters is 1. The third-order valence-corrected chi connectivity index (χ3v) is 9.16. The normalized spacial score (nSPS) is 11.6. The van der Waals surface area contributed by atoms with E-state index in [9.17, 15) is 14.4 Å². The molecule has 42 heavy (non-hydrogen) atoms. The van der Waals surface area contributed by atoms with Crippen molar-refractivity contribution in [3.63, 3.8) is 0 Å². The van der Waals surface area contributed by atoms with Crippen LogP contribution in [-0.4, -0.2) is 48.2 Å². The molecule has 0 bridgehead atoms. The lowest BCUT2D eigenvalue weighted by Crippen LogP contribution is -2.37. The molecule has 0 amide bonds. The largest absolute Gasteiger partial charge is 0.462 e. The highest BCUT2D eigenvalue weighted by molar-refractivity contribution is 14.1. The lowest BCUT2D eigenvalue weighted by atomic mass is 10.0. The van der Waals surface area contributed by atoms with E-state index in [-0.39, 0.29) is 12.1 Å². The summed E-state index contributed by atoms with van der Waals surface area (Å²) in [4.78, 5) is 38.2. The zero-order chi connectivity index (χ0) is 30.8. The molecule has 0 radical (unpaired) electrons. The average molecular weight is 704 g/mol. The van der Waals surface area contributed by atoms with Gasteiger partial charge in [-0.05, 0) is 51.5 Å². The van der Waals surface area contributed by atoms with Crippen LogP contribution in [0, 0.1) is 0 Å². The minimum Gasteiger partial charge on any atom is -0.462 e. The third-order valence-electron chi connectivity index (χ3n) is 8.19. The van der Waals surface area contributed by atoms with Crippen molar-refractivity contribution in [3.8, 4) is 0 Å². The zero-order valence-corrected chi connectivity index (χ0v) is 29.4. The van der Waals surface area contributed by atoms with Crippen LogP contribution in [0.1, 0.15) is 149 Å². The van der Waals surface area contributed by atoms with Gasteiger partial charge in [-0.25, -0.2) is 0 Å². The summed E-state index contributed by atoms with van der Waals surface area (Å²) >= 11 is 2.41. The van der Waals surface area contributed by atoms with Crippen LogP contribution < -0.4 is 21.5 Å². The molecule has 0 aliphatic rings. The highest BCUT2D eigenvalue weighted by atomic mass is 127. The number of nitrogens with one attached hydrogen (secondary N) is 2. The Morgan fingerprint density at radius 3 is 1.79 bits per heavy atom. The lowest BCUT2D eigenvalue weighted by molar-refractivity contribution is -0.150. The summed E-state index contributed by atoms with van der Waals surface area (Å²) in [5, 5.41) is 5.90. The fourth-order valence-electron chi connectivity index (χ4n) is 5.49. The number of unbranched alkanes of at least 4 members (excludes halogenated alkanes) is 14. The van der Waals surface area contributed by atoms with Crippen molar-refractivity contribution in [3.05, 3.63) is 20.4 Å². The summed E-state index contributed by atoms with van der Waals surface area (Å²) in [5.41, 5.74) is -0.0137. The van der Waals surface area contributed by atoms with Crippen LogP contribution in [0.5, 0.6) is 0 Å². The SMILES string of the molecule is CCCCCCCCC(CCCCCCCC)OC(=O)CCCCCCCN(CI)CCCNc1c(NC)c(=O)c1=O. The molecule has 0 unspecified atom stereocenters. The van der Waals surface area contributed by atoms with Crippen molar-refractivity contribution in [2.24, 2.45) is 0 Å². The quantitative estimate of drug-likeness (QED) is 0.0207. The Morgan fingerprint density at radius 2 is 1.21 bits per heavy atom. The first-order valence-corrected chi connectivity index (χ1v) is 18.7. The van der Waals surface area contributed by atoms with E-state index in [4.69, 9.17) is 4.74 Å². The Bertz CT molecular complexity index is 855. The molecule has 0 aromatic heterocycles. The molecule has 7 nitrogen and oxygen atoms in total. The van der Waals surface area contributed by atoms with Gasteiger partial charge < -0.3 is 15.4 Å². The maximum atomic E-state index is 12.6. The van der Waals surface area contributed by atoms with Gasteiger partial charge in [-0.3, -0.25) is 19.3 Å². The molecular formula is C34H62IN3O4. The summed E-state index contributed by atoms with van der Waals surface area (Å²) in [6.07, 6.45) is 24.5. The van der Waals surface area contributed by atoms with Gasteiger partial charge in [0.25, 0.3) is 10.9 Å². The Labute approximate surface area is 270 Å². The second kappa shape index (κ2) is 26.3. The van der Waals surface area contributed by atoms with Crippen LogP contribution in [0.15, 0.2) is 9.59 Å². The summed E-state index contributed by atoms with van der Waals surface area (Å²) < 4.78 is 6.96. The van der Waals surface area contributed by atoms with E-state index in [1.54, 1.807) is 7.05 Å². The first-order valence-electron chi connectivity index (χ1n) is 17.2. The molecule has 0 saturated carbocycles. The highest BCUT2D eigenvalue weighted by Gasteiger charge is 2.19. The van der Waals surface area contributed by atoms with Crippen molar-refractivity contribution in [2.45, 2.75) is 155 Å². The highest BCUT2D eigenvalue weighted by Crippen LogP contribution is 2.18. The number of carbonyl (C=O) groups excluding carboxylic acids is 1. The van der Waals surface area contributed by atoms with Crippen LogP contribution in [-0.2, 0) is 9.53 Å². The first kappa shape index (κ1) is 38.9. The fourth-order valence-corrected chi connectivity index (χ4v) is 6.18. The molecule has 1 rings (SSSR count). The number of anilines is 2. The van der Waals surface area contributed by atoms with E-state index < -0.39 is 10.9 Å². The zero-order valence-electron chi connectivity index (χ0n) is 27.2. The Hall–Kier alpha value is -1.16. The molecule has 0 spiro atoms. The van der Waals surface area contributed by atoms with Gasteiger partial charge in [-0.1, -0.05) is 120 Å². The second-order valence-electron chi connectivity index (χ2n) is 11.9. The molecule has 0 atom stereocenters. The Morgan fingerprint density at radius 1 is 0.714 bits per heavy atom. The topological polar surface area (TPSA) is 87.7 Å². The summed E-state index contributed by atoms with van der Waals surface area (Å²) in [6, 6.07) is 0. The summed E-state index contributed by atoms with van der Waals surface area (Å²) in [5.74, 6) is 0.00670. The van der Waals surface area contributed by atoms with Gasteiger partial charge in [0.2, 0.25) is 0 Å². The maximum absolute atomic E-state index is 12.6. The van der Waals surface area contributed by atoms with Gasteiger partial charge >= 0.3 is 5.97 Å². The lowest BCUT2D eigenvalue weighted by Gasteiger charge is -2.20. The molecule has 1 aromatic carbocycles. The van der Waals surface area contributed by atoms with E-state index in [0.717, 1.165) is 62.6 Å². The number of alkyl halides is 1. The number of nitrogens with zero attached hydrogens (tertiary/aromatic N) is 1. The van der Waals surface area contributed by atoms with Gasteiger partial charge in [0.1, 0.15) is 17.5 Å². The number of hydrogen-bond donors (Lipinski definition) is 2. The number of halogens is 1. The van der Waals surface area contributed by atoms with Crippen LogP contribution in [0.2, 0.25) is 0 Å². The standard InChI is InChI=1S/C34H62IN3O4/c1-4-6-8-10-13-17-22-29(23-18-14-11-9-7-5-2)42-30(39)24-19-15-12-16-20-26-38(28-35)27-21-25-37-32-31(36-3)33(40)34(32)41/h29,36-37H,4-28H2,1-3H3. The Balaban J connectivity index is 2.17. The minimum atomic E-state index is -0.429. The van der Waals surface area contributed by atoms with Crippen molar-refractivity contribution in [1.82, 2.24) is 4.90 Å². The minimum absolute atomic E-state index is 0.00670. The molecule has 1 aromatic rings. The van der Waals surface area contributed by atoms with Crippen LogP contribution in [0.3, 0.4) is 0 Å². The molecular weight excluding hydrogens is 641 g/mol. The summed E-state index contributed by atoms with van der Waals surface area (Å²) in [6.45, 7) is 7.21. The molecule has 2 N–H and O–H groups in total. The molecule has 0 fully saturated rings. The van der Waals surface area contributed by atoms with Gasteiger partial charge in [0, 0.05) is 26.6 Å². The smallest absolute Gasteiger partial charge is 0.306 e. The van der Waals surface area contributed by atoms with Crippen molar-refractivity contribution >= 4 is 39.9 Å². The van der Waals surface area contributed by atoms with Crippen LogP contribution >= 0.6 is 22.6 Å². The van der Waals surface area contributed by atoms with E-state index in [1.165, 1.54) is 83.5 Å². The van der Waals surface area contributed by atoms with Gasteiger partial charge in [-0.2, -0.15) is 0 Å². The molecule has 8 heteroatoms. The third kappa shape index (κ3) is 17.8. The number of hydrogen-bond acceptors (Lipinski definition) is 7. The number of ether oxygens (including phenoxy) is 1. The number of rotatable bonds is 30. The van der Waals surface area contributed by atoms with E-state index in [1.807, 2.05) is 0 Å². The summed E-state index contributed by atoms with van der Waals surface area (Å²) in [7, 11) is 1.66. The molecule has 244 valence electrons. The fraction of sp³-hybridized carbons (Fsp3) is 0.853. The van der Waals surface area contributed by atoms with E-state index in [0.29, 0.717) is 24.3 Å². The predicted octanol–water partition coefficient (Wildman–Crippen LogP) is 8.57. The molecule has 0 heterocycles. The van der Waals surface area contributed by atoms with Crippen LogP contribution in [0.25, 0.3) is 0 Å². The second-order valence-corrected chi connectivity index (χ2v) is 12.6. The van der Waals surface area contributed by atoms with Crippen molar-refractivity contribution in [2.75, 3.05) is 41.9 Å². The molecule has 0 aliphatic heterocycles. The molecule has 0 aliphatic carbocycles.